The van der Waals surface area contributed by atoms with Gasteiger partial charge in [0.15, 0.2) is 0 Å². The maximum atomic E-state index is 12.3. The van der Waals surface area contributed by atoms with Gasteiger partial charge in [0.05, 0.1) is 6.04 Å². The van der Waals surface area contributed by atoms with E-state index in [0.717, 1.165) is 32.5 Å². The first-order chi connectivity index (χ1) is 13.1. The van der Waals surface area contributed by atoms with Crippen molar-refractivity contribution in [2.24, 2.45) is 0 Å². The molecular weight excluding hydrogens is 356 g/mol. The summed E-state index contributed by atoms with van der Waals surface area (Å²) in [5.74, 6) is 0. The molecule has 2 amide bonds. The lowest BCUT2D eigenvalue weighted by Gasteiger charge is -2.32. The minimum atomic E-state index is -0.0569. The van der Waals surface area contributed by atoms with Crippen molar-refractivity contribution in [3.63, 3.8) is 0 Å². The molecule has 0 spiro atoms. The maximum Gasteiger partial charge on any atom is 0.315 e. The van der Waals surface area contributed by atoms with E-state index in [4.69, 9.17) is 0 Å². The van der Waals surface area contributed by atoms with Crippen molar-refractivity contribution >= 4 is 17.4 Å². The van der Waals surface area contributed by atoms with E-state index in [1.54, 1.807) is 11.3 Å². The summed E-state index contributed by atoms with van der Waals surface area (Å²) in [4.78, 5) is 16.9. The molecule has 2 heterocycles. The van der Waals surface area contributed by atoms with Crippen LogP contribution >= 0.6 is 11.3 Å². The van der Waals surface area contributed by atoms with Crippen LogP contribution in [0.2, 0.25) is 0 Å². The Morgan fingerprint density at radius 3 is 2.59 bits per heavy atom. The van der Waals surface area contributed by atoms with Crippen molar-refractivity contribution in [3.05, 3.63) is 58.3 Å². The molecule has 3 rings (SSSR count). The van der Waals surface area contributed by atoms with Crippen molar-refractivity contribution in [1.29, 1.82) is 0 Å². The number of amides is 2. The highest BCUT2D eigenvalue weighted by molar-refractivity contribution is 7.07. The molecule has 1 aromatic heterocycles. The molecule has 1 aromatic carbocycles. The van der Waals surface area contributed by atoms with Gasteiger partial charge in [0, 0.05) is 32.2 Å². The molecule has 0 saturated carbocycles. The molecule has 1 unspecified atom stereocenters. The number of nitrogens with one attached hydrogen (secondary N) is 2. The summed E-state index contributed by atoms with van der Waals surface area (Å²) >= 11 is 1.69. The lowest BCUT2D eigenvalue weighted by atomic mass is 10.0. The third kappa shape index (κ3) is 6.06. The molecule has 1 aliphatic rings. The van der Waals surface area contributed by atoms with E-state index in [1.807, 2.05) is 14.1 Å². The first-order valence-corrected chi connectivity index (χ1v) is 10.6. The van der Waals surface area contributed by atoms with Crippen LogP contribution in [0.5, 0.6) is 0 Å². The lowest BCUT2D eigenvalue weighted by molar-refractivity contribution is 0.185. The summed E-state index contributed by atoms with van der Waals surface area (Å²) in [5.41, 5.74) is 2.60. The number of rotatable bonds is 7. The highest BCUT2D eigenvalue weighted by Crippen LogP contribution is 2.20. The molecule has 2 N–H and O–H groups in total. The minimum absolute atomic E-state index is 0.0569. The van der Waals surface area contributed by atoms with Gasteiger partial charge < -0.3 is 15.5 Å². The third-order valence-corrected chi connectivity index (χ3v) is 5.88. The van der Waals surface area contributed by atoms with Crippen molar-refractivity contribution in [2.45, 2.75) is 31.5 Å². The van der Waals surface area contributed by atoms with Gasteiger partial charge in [-0.1, -0.05) is 30.3 Å². The molecule has 5 nitrogen and oxygen atoms in total. The molecule has 0 radical (unpaired) electrons. The zero-order valence-corrected chi connectivity index (χ0v) is 17.0. The second-order valence-electron chi connectivity index (χ2n) is 7.43. The quantitative estimate of drug-likeness (QED) is 0.767. The zero-order valence-electron chi connectivity index (χ0n) is 16.2. The Labute approximate surface area is 166 Å². The number of hydrogen-bond donors (Lipinski definition) is 2. The first-order valence-electron chi connectivity index (χ1n) is 9.61. The van der Waals surface area contributed by atoms with E-state index in [2.05, 4.69) is 67.6 Å². The van der Waals surface area contributed by atoms with Crippen molar-refractivity contribution in [1.82, 2.24) is 20.4 Å². The van der Waals surface area contributed by atoms with Gasteiger partial charge in [-0.25, -0.2) is 4.79 Å². The highest BCUT2D eigenvalue weighted by Gasteiger charge is 2.21. The fourth-order valence-corrected chi connectivity index (χ4v) is 4.27. The van der Waals surface area contributed by atoms with Crippen LogP contribution in [0.25, 0.3) is 0 Å². The highest BCUT2D eigenvalue weighted by atomic mass is 32.1. The Morgan fingerprint density at radius 1 is 1.22 bits per heavy atom. The normalized spacial score (nSPS) is 17.0. The van der Waals surface area contributed by atoms with Gasteiger partial charge in [0.1, 0.15) is 0 Å². The number of benzene rings is 1. The summed E-state index contributed by atoms with van der Waals surface area (Å²) in [7, 11) is 4.09. The lowest BCUT2D eigenvalue weighted by Crippen LogP contribution is -2.48. The van der Waals surface area contributed by atoms with Gasteiger partial charge >= 0.3 is 6.03 Å². The molecule has 1 saturated heterocycles. The molecule has 0 aliphatic carbocycles. The third-order valence-electron chi connectivity index (χ3n) is 5.18. The number of nitrogens with zero attached hydrogens (tertiary/aromatic N) is 2. The van der Waals surface area contributed by atoms with E-state index in [-0.39, 0.29) is 18.1 Å². The van der Waals surface area contributed by atoms with Crippen molar-refractivity contribution < 1.29 is 4.79 Å². The SMILES string of the molecule is CN(C)C(CNC(=O)NC1CCN(Cc2ccccc2)CC1)c1ccsc1. The maximum absolute atomic E-state index is 12.3. The molecule has 1 aliphatic heterocycles. The molecule has 6 heteroatoms. The van der Waals surface area contributed by atoms with Gasteiger partial charge in [-0.15, -0.1) is 0 Å². The topological polar surface area (TPSA) is 47.6 Å². The number of likely N-dealkylation sites (N-methyl/N-ethyl adjacent to an activating group) is 1. The average molecular weight is 387 g/mol. The number of urea groups is 1. The minimum Gasteiger partial charge on any atom is -0.336 e. The van der Waals surface area contributed by atoms with Crippen molar-refractivity contribution in [2.75, 3.05) is 33.7 Å². The predicted octanol–water partition coefficient (Wildman–Crippen LogP) is 3.31. The average Bonchev–Trinajstić information content (AvgIpc) is 3.18. The van der Waals surface area contributed by atoms with E-state index in [1.165, 1.54) is 11.1 Å². The number of thiophene rings is 1. The standard InChI is InChI=1S/C21H30N4OS/c1-24(2)20(18-10-13-27-16-18)14-22-21(26)23-19-8-11-25(12-9-19)15-17-6-4-3-5-7-17/h3-7,10,13,16,19-20H,8-9,11-12,14-15H2,1-2H3,(H2,22,23,26). The Kier molecular flexibility index (Phi) is 7.26. The molecule has 1 atom stereocenters. The van der Waals surface area contributed by atoms with Crippen molar-refractivity contribution in [3.8, 4) is 0 Å². The zero-order chi connectivity index (χ0) is 19.1. The summed E-state index contributed by atoms with van der Waals surface area (Å²) in [6.07, 6.45) is 2.00. The Hall–Kier alpha value is -1.89. The fraction of sp³-hybridized carbons (Fsp3) is 0.476. The fourth-order valence-electron chi connectivity index (χ4n) is 3.57. The van der Waals surface area contributed by atoms with E-state index in [0.29, 0.717) is 6.54 Å². The van der Waals surface area contributed by atoms with Gasteiger partial charge in [0.2, 0.25) is 0 Å². The second kappa shape index (κ2) is 9.88. The van der Waals surface area contributed by atoms with Crippen LogP contribution in [0.3, 0.4) is 0 Å². The number of carbonyl (C=O) groups excluding carboxylic acids is 1. The predicted molar refractivity (Wildman–Crippen MR) is 112 cm³/mol. The summed E-state index contributed by atoms with van der Waals surface area (Å²) in [6, 6.07) is 13.1. The number of piperidine rings is 1. The summed E-state index contributed by atoms with van der Waals surface area (Å²) < 4.78 is 0. The van der Waals surface area contributed by atoms with Crippen LogP contribution in [0, 0.1) is 0 Å². The van der Waals surface area contributed by atoms with E-state index in [9.17, 15) is 4.79 Å². The van der Waals surface area contributed by atoms with Gasteiger partial charge in [-0.2, -0.15) is 11.3 Å². The van der Waals surface area contributed by atoms with Gasteiger partial charge in [-0.3, -0.25) is 4.90 Å². The van der Waals surface area contributed by atoms with Crippen LogP contribution < -0.4 is 10.6 Å². The Balaban J connectivity index is 1.39. The summed E-state index contributed by atoms with van der Waals surface area (Å²) in [5, 5.41) is 10.4. The number of likely N-dealkylation sites (tertiary alicyclic amines) is 1. The molecule has 27 heavy (non-hydrogen) atoms. The molecular formula is C21H30N4OS. The number of hydrogen-bond acceptors (Lipinski definition) is 4. The van der Waals surface area contributed by atoms with Gasteiger partial charge in [-0.05, 0) is 54.9 Å². The van der Waals surface area contributed by atoms with E-state index < -0.39 is 0 Å². The second-order valence-corrected chi connectivity index (χ2v) is 8.21. The first kappa shape index (κ1) is 19.9. The van der Waals surface area contributed by atoms with Crippen LogP contribution in [-0.2, 0) is 6.54 Å². The van der Waals surface area contributed by atoms with Crippen LogP contribution in [0.1, 0.15) is 30.0 Å². The van der Waals surface area contributed by atoms with Crippen LogP contribution in [0.15, 0.2) is 47.2 Å². The monoisotopic (exact) mass is 386 g/mol. The van der Waals surface area contributed by atoms with Gasteiger partial charge in [0.25, 0.3) is 0 Å². The molecule has 0 bridgehead atoms. The largest absolute Gasteiger partial charge is 0.336 e. The van der Waals surface area contributed by atoms with E-state index >= 15 is 0 Å². The van der Waals surface area contributed by atoms with Crippen LogP contribution in [-0.4, -0.2) is 55.6 Å². The molecule has 1 fully saturated rings. The smallest absolute Gasteiger partial charge is 0.315 e. The number of carbonyl (C=O) groups is 1. The Bertz CT molecular complexity index is 681. The van der Waals surface area contributed by atoms with Crippen LogP contribution in [0.4, 0.5) is 4.79 Å². The molecule has 2 aromatic rings. The Morgan fingerprint density at radius 2 is 1.96 bits per heavy atom. The molecule has 146 valence electrons. The summed E-state index contributed by atoms with van der Waals surface area (Å²) in [6.45, 7) is 3.65.